The van der Waals surface area contributed by atoms with Gasteiger partial charge in [0.1, 0.15) is 0 Å². The molecule has 1 amide bonds. The van der Waals surface area contributed by atoms with Gasteiger partial charge in [0.05, 0.1) is 4.90 Å². The van der Waals surface area contributed by atoms with Crippen LogP contribution in [0.4, 0.5) is 5.69 Å². The largest absolute Gasteiger partial charge is 0.322 e. The lowest BCUT2D eigenvalue weighted by atomic mass is 10.1. The maximum atomic E-state index is 12.8. The Balaban J connectivity index is 2.35. The Morgan fingerprint density at radius 3 is 2.24 bits per heavy atom. The highest BCUT2D eigenvalue weighted by atomic mass is 79.9. The first kappa shape index (κ1) is 19.6. The van der Waals surface area contributed by atoms with Crippen molar-refractivity contribution in [2.45, 2.75) is 25.7 Å². The number of carbonyl (C=O) groups is 1. The molecule has 0 radical (unpaired) electrons. The van der Waals surface area contributed by atoms with Crippen LogP contribution in [0.2, 0.25) is 0 Å². The Morgan fingerprint density at radius 1 is 1.08 bits per heavy atom. The predicted molar refractivity (Wildman–Crippen MR) is 103 cm³/mol. The molecule has 7 heteroatoms. The fourth-order valence-corrected chi connectivity index (χ4v) is 4.43. The highest BCUT2D eigenvalue weighted by molar-refractivity contribution is 9.10. The van der Waals surface area contributed by atoms with Gasteiger partial charge in [-0.25, -0.2) is 8.42 Å². The number of carbonyl (C=O) groups excluding carboxylic acids is 1. The molecule has 0 saturated heterocycles. The first-order valence-corrected chi connectivity index (χ1v) is 10.2. The molecule has 0 aliphatic rings. The normalized spacial score (nSPS) is 11.6. The van der Waals surface area contributed by atoms with Gasteiger partial charge in [0.25, 0.3) is 5.91 Å². The zero-order valence-corrected chi connectivity index (χ0v) is 16.8. The summed E-state index contributed by atoms with van der Waals surface area (Å²) in [6.45, 7) is 6.08. The number of halogens is 1. The Bertz CT molecular complexity index is 860. The van der Waals surface area contributed by atoms with Crippen LogP contribution in [0.1, 0.15) is 29.8 Å². The van der Waals surface area contributed by atoms with Gasteiger partial charge in [0.15, 0.2) is 0 Å². The SMILES string of the molecule is CCN(CC)S(=O)(=O)c1cc(C(=O)Nc2ccc(Br)cc2)ccc1C. The van der Waals surface area contributed by atoms with Crippen molar-refractivity contribution < 1.29 is 13.2 Å². The zero-order valence-electron chi connectivity index (χ0n) is 14.4. The maximum Gasteiger partial charge on any atom is 0.255 e. The van der Waals surface area contributed by atoms with Gasteiger partial charge in [-0.15, -0.1) is 0 Å². The topological polar surface area (TPSA) is 66.5 Å². The van der Waals surface area contributed by atoms with Gasteiger partial charge in [0.2, 0.25) is 10.0 Å². The number of nitrogens with one attached hydrogen (secondary N) is 1. The summed E-state index contributed by atoms with van der Waals surface area (Å²) in [5.74, 6) is -0.349. The average molecular weight is 425 g/mol. The monoisotopic (exact) mass is 424 g/mol. The summed E-state index contributed by atoms with van der Waals surface area (Å²) in [6.07, 6.45) is 0. The van der Waals surface area contributed by atoms with Crippen molar-refractivity contribution >= 4 is 37.5 Å². The maximum absolute atomic E-state index is 12.8. The predicted octanol–water partition coefficient (Wildman–Crippen LogP) is 4.04. The Kier molecular flexibility index (Phi) is 6.37. The molecule has 0 atom stereocenters. The van der Waals surface area contributed by atoms with E-state index < -0.39 is 10.0 Å². The van der Waals surface area contributed by atoms with E-state index in [1.54, 1.807) is 45.0 Å². The number of nitrogens with zero attached hydrogens (tertiary/aromatic N) is 1. The minimum absolute atomic E-state index is 0.166. The minimum Gasteiger partial charge on any atom is -0.322 e. The summed E-state index contributed by atoms with van der Waals surface area (Å²) in [7, 11) is -3.62. The van der Waals surface area contributed by atoms with Crippen LogP contribution in [0.3, 0.4) is 0 Å². The lowest BCUT2D eigenvalue weighted by Crippen LogP contribution is -2.31. The molecular formula is C18H21BrN2O3S. The molecule has 0 spiro atoms. The van der Waals surface area contributed by atoms with Crippen LogP contribution in [0.5, 0.6) is 0 Å². The highest BCUT2D eigenvalue weighted by Crippen LogP contribution is 2.22. The van der Waals surface area contributed by atoms with Gasteiger partial charge in [-0.05, 0) is 48.9 Å². The molecule has 0 aliphatic heterocycles. The lowest BCUT2D eigenvalue weighted by molar-refractivity contribution is 0.102. The Labute approximate surface area is 157 Å². The van der Waals surface area contributed by atoms with Crippen LogP contribution in [0.25, 0.3) is 0 Å². The Morgan fingerprint density at radius 2 is 1.68 bits per heavy atom. The van der Waals surface area contributed by atoms with Crippen LogP contribution in [-0.2, 0) is 10.0 Å². The molecule has 134 valence electrons. The van der Waals surface area contributed by atoms with Gasteiger partial charge in [-0.3, -0.25) is 4.79 Å². The van der Waals surface area contributed by atoms with Crippen molar-refractivity contribution in [3.63, 3.8) is 0 Å². The quantitative estimate of drug-likeness (QED) is 0.760. The van der Waals surface area contributed by atoms with Crippen LogP contribution >= 0.6 is 15.9 Å². The Hall–Kier alpha value is -1.70. The van der Waals surface area contributed by atoms with Crippen LogP contribution in [-0.4, -0.2) is 31.7 Å². The van der Waals surface area contributed by atoms with Crippen molar-refractivity contribution in [1.82, 2.24) is 4.31 Å². The molecule has 0 aromatic heterocycles. The summed E-state index contributed by atoms with van der Waals surface area (Å²) >= 11 is 3.34. The minimum atomic E-state index is -3.62. The first-order valence-electron chi connectivity index (χ1n) is 7.97. The fourth-order valence-electron chi connectivity index (χ4n) is 2.46. The van der Waals surface area contributed by atoms with E-state index in [0.29, 0.717) is 29.9 Å². The molecular weight excluding hydrogens is 404 g/mol. The van der Waals surface area contributed by atoms with Crippen molar-refractivity contribution in [2.75, 3.05) is 18.4 Å². The van der Waals surface area contributed by atoms with E-state index in [2.05, 4.69) is 21.2 Å². The van der Waals surface area contributed by atoms with Crippen molar-refractivity contribution in [1.29, 1.82) is 0 Å². The third-order valence-electron chi connectivity index (χ3n) is 3.88. The molecule has 2 rings (SSSR count). The second kappa shape index (κ2) is 8.12. The molecule has 0 aliphatic carbocycles. The van der Waals surface area contributed by atoms with E-state index in [-0.39, 0.29) is 10.8 Å². The summed E-state index contributed by atoms with van der Waals surface area (Å²) in [6, 6.07) is 11.9. The van der Waals surface area contributed by atoms with Crippen molar-refractivity contribution in [3.8, 4) is 0 Å². The van der Waals surface area contributed by atoms with Crippen molar-refractivity contribution in [3.05, 3.63) is 58.1 Å². The number of amides is 1. The van der Waals surface area contributed by atoms with E-state index in [9.17, 15) is 13.2 Å². The number of hydrogen-bond donors (Lipinski definition) is 1. The number of anilines is 1. The molecule has 0 heterocycles. The van der Waals surface area contributed by atoms with Gasteiger partial charge >= 0.3 is 0 Å². The number of hydrogen-bond acceptors (Lipinski definition) is 3. The third kappa shape index (κ3) is 4.48. The molecule has 1 N–H and O–H groups in total. The number of aryl methyl sites for hydroxylation is 1. The standard InChI is InChI=1S/C18H21BrN2O3S/c1-4-21(5-2)25(23,24)17-12-14(7-6-13(17)3)18(22)20-16-10-8-15(19)9-11-16/h6-12H,4-5H2,1-3H3,(H,20,22). The molecule has 2 aromatic rings. The van der Waals surface area contributed by atoms with Gasteiger partial charge in [0, 0.05) is 28.8 Å². The van der Waals surface area contributed by atoms with E-state index in [1.807, 2.05) is 12.1 Å². The second-order valence-corrected chi connectivity index (χ2v) is 8.35. The average Bonchev–Trinajstić information content (AvgIpc) is 2.58. The fraction of sp³-hybridized carbons (Fsp3) is 0.278. The number of benzene rings is 2. The molecule has 2 aromatic carbocycles. The summed E-state index contributed by atoms with van der Waals surface area (Å²) in [4.78, 5) is 12.6. The molecule has 5 nitrogen and oxygen atoms in total. The van der Waals surface area contributed by atoms with Gasteiger partial charge in [-0.2, -0.15) is 4.31 Å². The van der Waals surface area contributed by atoms with Crippen LogP contribution < -0.4 is 5.32 Å². The first-order chi connectivity index (χ1) is 11.8. The summed E-state index contributed by atoms with van der Waals surface area (Å²) < 4.78 is 27.8. The van der Waals surface area contributed by atoms with Gasteiger partial charge in [-0.1, -0.05) is 35.8 Å². The molecule has 0 unspecified atom stereocenters. The van der Waals surface area contributed by atoms with E-state index in [1.165, 1.54) is 10.4 Å². The zero-order chi connectivity index (χ0) is 18.6. The number of sulfonamides is 1. The number of rotatable bonds is 6. The molecule has 0 saturated carbocycles. The van der Waals surface area contributed by atoms with Gasteiger partial charge < -0.3 is 5.32 Å². The third-order valence-corrected chi connectivity index (χ3v) is 6.60. The second-order valence-electron chi connectivity index (χ2n) is 5.53. The van der Waals surface area contributed by atoms with E-state index >= 15 is 0 Å². The van der Waals surface area contributed by atoms with Crippen LogP contribution in [0.15, 0.2) is 51.8 Å². The lowest BCUT2D eigenvalue weighted by Gasteiger charge is -2.20. The molecule has 25 heavy (non-hydrogen) atoms. The van der Waals surface area contributed by atoms with E-state index in [0.717, 1.165) is 4.47 Å². The van der Waals surface area contributed by atoms with Crippen LogP contribution in [0, 0.1) is 6.92 Å². The van der Waals surface area contributed by atoms with Crippen molar-refractivity contribution in [2.24, 2.45) is 0 Å². The molecule has 0 fully saturated rings. The summed E-state index contributed by atoms with van der Waals surface area (Å²) in [5.41, 5.74) is 1.56. The smallest absolute Gasteiger partial charge is 0.255 e. The van der Waals surface area contributed by atoms with E-state index in [4.69, 9.17) is 0 Å². The summed E-state index contributed by atoms with van der Waals surface area (Å²) in [5, 5.41) is 2.77. The highest BCUT2D eigenvalue weighted by Gasteiger charge is 2.24. The molecule has 0 bridgehead atoms.